The molecule has 1 aromatic rings. The van der Waals surface area contributed by atoms with Gasteiger partial charge in [0.1, 0.15) is 6.61 Å². The van der Waals surface area contributed by atoms with E-state index in [2.05, 4.69) is 17.6 Å². The lowest BCUT2D eigenvalue weighted by Crippen LogP contribution is -2.72. The van der Waals surface area contributed by atoms with E-state index in [9.17, 15) is 14.4 Å². The van der Waals surface area contributed by atoms with Crippen molar-refractivity contribution >= 4 is 17.8 Å². The lowest BCUT2D eigenvalue weighted by atomic mass is 9.72. The number of β-lactam (4-membered cyclic amide) rings is 1. The number of urea groups is 1. The lowest BCUT2D eigenvalue weighted by molar-refractivity contribution is -0.211. The minimum absolute atomic E-state index is 0.181. The lowest BCUT2D eigenvalue weighted by Gasteiger charge is -2.53. The molecule has 1 aromatic carbocycles. The van der Waals surface area contributed by atoms with Crippen LogP contribution in [0.15, 0.2) is 24.3 Å². The highest BCUT2D eigenvalue weighted by Gasteiger charge is 2.62. The molecule has 4 amide bonds. The Morgan fingerprint density at radius 3 is 2.36 bits per heavy atom. The van der Waals surface area contributed by atoms with E-state index in [0.29, 0.717) is 25.9 Å². The molecule has 0 bridgehead atoms. The van der Waals surface area contributed by atoms with Crippen LogP contribution < -0.4 is 10.6 Å². The molecule has 8 heteroatoms. The van der Waals surface area contributed by atoms with Gasteiger partial charge in [-0.3, -0.25) is 9.59 Å². The number of carbonyl (C=O) groups excluding carboxylic acids is 3. The SMILES string of the molecule is CCC[C@@H](NC(=O)N1C(=O)C(CC)(CC)[C@@H]1OCC(=O)N(C)CCNC)c1ccc(C)cc1. The van der Waals surface area contributed by atoms with Crippen molar-refractivity contribution < 1.29 is 19.1 Å². The molecule has 8 nitrogen and oxygen atoms in total. The third-order valence-electron chi connectivity index (χ3n) is 6.67. The van der Waals surface area contributed by atoms with Gasteiger partial charge in [0, 0.05) is 20.1 Å². The van der Waals surface area contributed by atoms with Gasteiger partial charge in [0.2, 0.25) is 11.8 Å². The normalized spacial score (nSPS) is 17.9. The molecule has 0 saturated carbocycles. The van der Waals surface area contributed by atoms with Crippen LogP contribution in [0.4, 0.5) is 4.79 Å². The summed E-state index contributed by atoms with van der Waals surface area (Å²) in [6, 6.07) is 7.36. The van der Waals surface area contributed by atoms with Gasteiger partial charge >= 0.3 is 6.03 Å². The fraction of sp³-hybridized carbons (Fsp3) is 0.640. The number of nitrogens with one attached hydrogen (secondary N) is 2. The van der Waals surface area contributed by atoms with Gasteiger partial charge in [0.05, 0.1) is 11.5 Å². The zero-order chi connectivity index (χ0) is 24.6. The number of hydrogen-bond donors (Lipinski definition) is 2. The summed E-state index contributed by atoms with van der Waals surface area (Å²) in [5.41, 5.74) is 1.36. The molecule has 0 spiro atoms. The third-order valence-corrected chi connectivity index (χ3v) is 6.67. The van der Waals surface area contributed by atoms with Crippen LogP contribution in [-0.2, 0) is 14.3 Å². The van der Waals surface area contributed by atoms with E-state index in [1.54, 1.807) is 11.9 Å². The van der Waals surface area contributed by atoms with Crippen LogP contribution in [0.3, 0.4) is 0 Å². The largest absolute Gasteiger partial charge is 0.347 e. The average Bonchev–Trinajstić information content (AvgIpc) is 2.80. The van der Waals surface area contributed by atoms with Gasteiger partial charge in [-0.15, -0.1) is 0 Å². The van der Waals surface area contributed by atoms with Gasteiger partial charge in [-0.05, 0) is 38.8 Å². The standard InChI is InChI=1S/C25H40N4O4/c1-7-10-20(19-13-11-18(4)12-14-19)27-24(32)29-22(31)25(8-2,9-3)23(29)33-17-21(30)28(6)16-15-26-5/h11-14,20,23,26H,7-10,15-17H2,1-6H3,(H,27,32)/t20-,23+/m1/s1. The minimum atomic E-state index is -0.786. The van der Waals surface area contributed by atoms with Crippen LogP contribution in [0.1, 0.15) is 63.6 Å². The zero-order valence-corrected chi connectivity index (χ0v) is 20.9. The summed E-state index contributed by atoms with van der Waals surface area (Å²) in [5, 5.41) is 6.03. The van der Waals surface area contributed by atoms with Crippen molar-refractivity contribution in [3.8, 4) is 0 Å². The maximum atomic E-state index is 13.2. The number of aryl methyl sites for hydroxylation is 1. The second-order valence-electron chi connectivity index (χ2n) is 8.82. The van der Waals surface area contributed by atoms with Crippen molar-refractivity contribution in [1.29, 1.82) is 0 Å². The molecule has 1 fully saturated rings. The molecule has 1 aliphatic rings. The fourth-order valence-corrected chi connectivity index (χ4v) is 4.26. The number of amides is 4. The molecule has 2 atom stereocenters. The first-order valence-electron chi connectivity index (χ1n) is 12.0. The molecule has 2 rings (SSSR count). The number of imide groups is 1. The minimum Gasteiger partial charge on any atom is -0.347 e. The van der Waals surface area contributed by atoms with Crippen LogP contribution in [0.5, 0.6) is 0 Å². The van der Waals surface area contributed by atoms with Crippen LogP contribution in [0.2, 0.25) is 0 Å². The van der Waals surface area contributed by atoms with Crippen molar-refractivity contribution in [1.82, 2.24) is 20.4 Å². The van der Waals surface area contributed by atoms with E-state index in [-0.39, 0.29) is 24.5 Å². The van der Waals surface area contributed by atoms with Gasteiger partial charge in [0.25, 0.3) is 0 Å². The highest BCUT2D eigenvalue weighted by Crippen LogP contribution is 2.46. The number of hydrogen-bond acceptors (Lipinski definition) is 5. The fourth-order valence-electron chi connectivity index (χ4n) is 4.26. The number of benzene rings is 1. The van der Waals surface area contributed by atoms with Crippen molar-refractivity contribution in [2.45, 2.75) is 65.6 Å². The van der Waals surface area contributed by atoms with Gasteiger partial charge in [-0.2, -0.15) is 0 Å². The monoisotopic (exact) mass is 460 g/mol. The van der Waals surface area contributed by atoms with Crippen LogP contribution in [-0.4, -0.2) is 67.7 Å². The van der Waals surface area contributed by atoms with Gasteiger partial charge in [0.15, 0.2) is 6.23 Å². The molecule has 0 aliphatic carbocycles. The number of likely N-dealkylation sites (N-methyl/N-ethyl adjacent to an activating group) is 2. The molecule has 2 N–H and O–H groups in total. The molecule has 1 aliphatic heterocycles. The zero-order valence-electron chi connectivity index (χ0n) is 20.9. The molecule has 33 heavy (non-hydrogen) atoms. The van der Waals surface area contributed by atoms with Crippen LogP contribution in [0.25, 0.3) is 0 Å². The first kappa shape index (κ1) is 26.8. The smallest absolute Gasteiger partial charge is 0.326 e. The quantitative estimate of drug-likeness (QED) is 0.468. The Labute approximate surface area is 198 Å². The van der Waals surface area contributed by atoms with E-state index in [0.717, 1.165) is 28.9 Å². The summed E-state index contributed by atoms with van der Waals surface area (Å²) < 4.78 is 5.94. The first-order chi connectivity index (χ1) is 15.7. The first-order valence-corrected chi connectivity index (χ1v) is 12.0. The molecule has 0 aromatic heterocycles. The second-order valence-corrected chi connectivity index (χ2v) is 8.82. The van der Waals surface area contributed by atoms with E-state index >= 15 is 0 Å². The maximum Gasteiger partial charge on any atom is 0.326 e. The van der Waals surface area contributed by atoms with Crippen LogP contribution >= 0.6 is 0 Å². The summed E-state index contributed by atoms with van der Waals surface area (Å²) in [6.45, 7) is 8.95. The summed E-state index contributed by atoms with van der Waals surface area (Å²) in [7, 11) is 3.54. The van der Waals surface area contributed by atoms with Crippen LogP contribution in [0, 0.1) is 12.3 Å². The van der Waals surface area contributed by atoms with Crippen molar-refractivity contribution in [2.75, 3.05) is 33.8 Å². The highest BCUT2D eigenvalue weighted by atomic mass is 16.5. The maximum absolute atomic E-state index is 13.2. The van der Waals surface area contributed by atoms with Crippen molar-refractivity contribution in [3.63, 3.8) is 0 Å². The Morgan fingerprint density at radius 2 is 1.82 bits per heavy atom. The average molecular weight is 461 g/mol. The predicted molar refractivity (Wildman–Crippen MR) is 129 cm³/mol. The Bertz CT molecular complexity index is 807. The van der Waals surface area contributed by atoms with Gasteiger partial charge in [-0.1, -0.05) is 57.0 Å². The number of nitrogens with zero attached hydrogens (tertiary/aromatic N) is 2. The molecule has 184 valence electrons. The Hall–Kier alpha value is -2.45. The van der Waals surface area contributed by atoms with E-state index in [4.69, 9.17) is 4.74 Å². The second kappa shape index (κ2) is 12.1. The van der Waals surface area contributed by atoms with E-state index in [1.807, 2.05) is 52.1 Å². The van der Waals surface area contributed by atoms with Gasteiger partial charge in [-0.25, -0.2) is 9.69 Å². The number of ether oxygens (including phenoxy) is 1. The summed E-state index contributed by atoms with van der Waals surface area (Å²) in [6.07, 6.45) is 1.95. The van der Waals surface area contributed by atoms with E-state index in [1.165, 1.54) is 0 Å². The molecular weight excluding hydrogens is 420 g/mol. The third kappa shape index (κ3) is 5.92. The van der Waals surface area contributed by atoms with Crippen molar-refractivity contribution in [2.24, 2.45) is 5.41 Å². The number of likely N-dealkylation sites (tertiary alicyclic amines) is 1. The van der Waals surface area contributed by atoms with E-state index < -0.39 is 17.7 Å². The topological polar surface area (TPSA) is 91.0 Å². The molecular formula is C25H40N4O4. The Kier molecular flexibility index (Phi) is 9.86. The molecule has 1 heterocycles. The highest BCUT2D eigenvalue weighted by molar-refractivity contribution is 6.03. The Morgan fingerprint density at radius 1 is 1.18 bits per heavy atom. The number of carbonyl (C=O) groups is 3. The summed E-state index contributed by atoms with van der Waals surface area (Å²) in [5.74, 6) is -0.431. The van der Waals surface area contributed by atoms with Crippen molar-refractivity contribution in [3.05, 3.63) is 35.4 Å². The number of rotatable bonds is 12. The van der Waals surface area contributed by atoms with Gasteiger partial charge < -0.3 is 20.3 Å². The molecule has 0 radical (unpaired) electrons. The summed E-state index contributed by atoms with van der Waals surface area (Å²) in [4.78, 5) is 41.6. The summed E-state index contributed by atoms with van der Waals surface area (Å²) >= 11 is 0. The molecule has 0 unspecified atom stereocenters. The molecule has 1 saturated heterocycles. The Balaban J connectivity index is 2.15. The predicted octanol–water partition coefficient (Wildman–Crippen LogP) is 3.21.